The summed E-state index contributed by atoms with van der Waals surface area (Å²) in [5, 5.41) is 10.5. The van der Waals surface area contributed by atoms with Crippen LogP contribution in [0.3, 0.4) is 0 Å². The molecule has 13 heteroatoms. The number of benzene rings is 1. The molecule has 2 aromatic rings. The first-order valence-electron chi connectivity index (χ1n) is 11.8. The van der Waals surface area contributed by atoms with Gasteiger partial charge in [-0.3, -0.25) is 9.80 Å². The summed E-state index contributed by atoms with van der Waals surface area (Å²) in [6.45, 7) is 2.86. The van der Waals surface area contributed by atoms with E-state index < -0.39 is 28.3 Å². The smallest absolute Gasteiger partial charge is 0.269 e. The van der Waals surface area contributed by atoms with Gasteiger partial charge < -0.3 is 4.74 Å². The van der Waals surface area contributed by atoms with Crippen molar-refractivity contribution in [3.63, 3.8) is 0 Å². The van der Waals surface area contributed by atoms with Crippen LogP contribution in [0.15, 0.2) is 46.3 Å². The van der Waals surface area contributed by atoms with Crippen molar-refractivity contribution in [1.82, 2.24) is 20.2 Å². The Labute approximate surface area is 219 Å². The van der Waals surface area contributed by atoms with E-state index in [1.165, 1.54) is 11.1 Å². The molecule has 2 saturated heterocycles. The molecule has 11 nitrogen and oxygen atoms in total. The Balaban J connectivity index is 1.61. The lowest BCUT2D eigenvalue weighted by atomic mass is 10.1. The molecule has 4 rings (SSSR count). The van der Waals surface area contributed by atoms with E-state index in [9.17, 15) is 18.0 Å². The second-order valence-electron chi connectivity index (χ2n) is 8.36. The van der Waals surface area contributed by atoms with Crippen LogP contribution in [0.1, 0.15) is 31.7 Å². The second-order valence-corrected chi connectivity index (χ2v) is 11.6. The average Bonchev–Trinajstić information content (AvgIpc) is 3.43. The Morgan fingerprint density at radius 2 is 2.00 bits per heavy atom. The van der Waals surface area contributed by atoms with Crippen molar-refractivity contribution in [2.75, 3.05) is 26.2 Å². The lowest BCUT2D eigenvalue weighted by Gasteiger charge is -2.40. The second kappa shape index (κ2) is 12.0. The van der Waals surface area contributed by atoms with E-state index in [1.807, 2.05) is 13.0 Å². The molecule has 1 aromatic carbocycles. The highest BCUT2D eigenvalue weighted by atomic mass is 32.2. The molecule has 37 heavy (non-hydrogen) atoms. The van der Waals surface area contributed by atoms with Crippen molar-refractivity contribution in [2.24, 2.45) is 0 Å². The maximum absolute atomic E-state index is 13.7. The van der Waals surface area contributed by atoms with Crippen LogP contribution in [-0.4, -0.2) is 68.2 Å². The number of nitrogens with zero attached hydrogens (tertiary/aromatic N) is 3. The molecule has 1 amide bonds. The number of hydroxylamine groups is 1. The van der Waals surface area contributed by atoms with E-state index in [4.69, 9.17) is 14.8 Å². The fourth-order valence-electron chi connectivity index (χ4n) is 4.13. The maximum Gasteiger partial charge on any atom is 0.269 e. The Bertz CT molecular complexity index is 1310. The van der Waals surface area contributed by atoms with Crippen LogP contribution in [0.25, 0.3) is 10.4 Å². The van der Waals surface area contributed by atoms with Crippen molar-refractivity contribution in [1.29, 1.82) is 5.26 Å². The summed E-state index contributed by atoms with van der Waals surface area (Å²) in [5.74, 6) is 0.940. The lowest BCUT2D eigenvalue weighted by molar-refractivity contribution is -0.202. The van der Waals surface area contributed by atoms with Gasteiger partial charge in [-0.15, -0.1) is 11.3 Å². The molecule has 0 aliphatic carbocycles. The number of piperazine rings is 1. The van der Waals surface area contributed by atoms with Crippen LogP contribution in [0.4, 0.5) is 0 Å². The van der Waals surface area contributed by atoms with Gasteiger partial charge >= 0.3 is 0 Å². The Kier molecular flexibility index (Phi) is 8.73. The molecular weight excluding hydrogens is 518 g/mol. The van der Waals surface area contributed by atoms with Crippen LogP contribution in [0, 0.1) is 11.3 Å². The molecule has 0 saturated carbocycles. The lowest BCUT2D eigenvalue weighted by Crippen LogP contribution is -2.61. The summed E-state index contributed by atoms with van der Waals surface area (Å²) in [5.41, 5.74) is 6.36. The Morgan fingerprint density at radius 1 is 1.22 bits per heavy atom. The molecule has 196 valence electrons. The monoisotopic (exact) mass is 545 g/mol. The van der Waals surface area contributed by atoms with Gasteiger partial charge in [-0.25, -0.2) is 29.0 Å². The van der Waals surface area contributed by atoms with Gasteiger partial charge in [-0.05, 0) is 42.7 Å². The molecule has 0 spiro atoms. The van der Waals surface area contributed by atoms with E-state index in [2.05, 4.69) is 10.9 Å². The standard InChI is InChI=1S/C24H27N5O6S2/c1-2-26-28-12-13-29(23(19(28)16-30)24(31)27-35-21-5-3-4-14-34-21)37(32,33)22-11-10-20(36-22)18-8-6-17(15-25)7-9-18/h6-11,21,23,26H,2-5,12-14H2,1H3,(H,27,31)/t21?,23-/m1/s1. The maximum atomic E-state index is 13.7. The minimum atomic E-state index is -4.18. The molecule has 3 heterocycles. The highest BCUT2D eigenvalue weighted by Crippen LogP contribution is 2.34. The highest BCUT2D eigenvalue weighted by Gasteiger charge is 2.45. The third-order valence-corrected chi connectivity index (χ3v) is 9.42. The summed E-state index contributed by atoms with van der Waals surface area (Å²) in [7, 11) is -4.18. The van der Waals surface area contributed by atoms with Gasteiger partial charge in [0.15, 0.2) is 12.3 Å². The van der Waals surface area contributed by atoms with Crippen molar-refractivity contribution in [3.8, 4) is 16.5 Å². The SMILES string of the molecule is CCNN1CCN(S(=O)(=O)c2ccc(-c3ccc(C#N)cc3)s2)[C@@H](C(=O)NOC2CCCCO2)C1=C=O. The molecule has 0 bridgehead atoms. The van der Waals surface area contributed by atoms with E-state index in [-0.39, 0.29) is 23.0 Å². The van der Waals surface area contributed by atoms with E-state index >= 15 is 0 Å². The first-order valence-corrected chi connectivity index (χ1v) is 14.1. The van der Waals surface area contributed by atoms with Crippen molar-refractivity contribution in [2.45, 2.75) is 42.7 Å². The minimum absolute atomic E-state index is 0.0170. The van der Waals surface area contributed by atoms with Gasteiger partial charge in [0.2, 0.25) is 0 Å². The number of hydrazine groups is 1. The molecule has 2 fully saturated rings. The van der Waals surface area contributed by atoms with E-state index in [0.29, 0.717) is 30.0 Å². The van der Waals surface area contributed by atoms with E-state index in [0.717, 1.165) is 34.0 Å². The number of nitrogens with one attached hydrogen (secondary N) is 2. The molecule has 1 aromatic heterocycles. The van der Waals surface area contributed by atoms with Gasteiger partial charge in [-0.1, -0.05) is 19.1 Å². The van der Waals surface area contributed by atoms with Gasteiger partial charge in [0.1, 0.15) is 15.8 Å². The summed E-state index contributed by atoms with van der Waals surface area (Å²) in [4.78, 5) is 31.3. The van der Waals surface area contributed by atoms with Crippen LogP contribution in [0.2, 0.25) is 0 Å². The number of ether oxygens (including phenoxy) is 1. The van der Waals surface area contributed by atoms with Crippen LogP contribution >= 0.6 is 11.3 Å². The highest BCUT2D eigenvalue weighted by molar-refractivity contribution is 7.91. The van der Waals surface area contributed by atoms with Gasteiger partial charge in [0.25, 0.3) is 15.9 Å². The largest absolute Gasteiger partial charge is 0.350 e. The zero-order valence-electron chi connectivity index (χ0n) is 20.2. The Hall–Kier alpha value is -3.08. The number of carbonyl (C=O) groups is 1. The van der Waals surface area contributed by atoms with Crippen LogP contribution in [-0.2, 0) is 29.2 Å². The molecule has 1 unspecified atom stereocenters. The van der Waals surface area contributed by atoms with Gasteiger partial charge in [-0.2, -0.15) is 9.57 Å². The fraction of sp³-hybridized carbons (Fsp3) is 0.417. The first-order chi connectivity index (χ1) is 17.9. The number of amides is 1. The van der Waals surface area contributed by atoms with Gasteiger partial charge in [0.05, 0.1) is 11.6 Å². The van der Waals surface area contributed by atoms with Gasteiger partial charge in [0, 0.05) is 37.5 Å². The van der Waals surface area contributed by atoms with Crippen LogP contribution < -0.4 is 10.9 Å². The van der Waals surface area contributed by atoms with Crippen LogP contribution in [0.5, 0.6) is 0 Å². The number of nitriles is 1. The number of hydrogen-bond donors (Lipinski definition) is 2. The normalized spacial score (nSPS) is 20.8. The third kappa shape index (κ3) is 5.92. The summed E-state index contributed by atoms with van der Waals surface area (Å²) >= 11 is 1.04. The topological polar surface area (TPSA) is 141 Å². The number of hydrogen-bond acceptors (Lipinski definition) is 10. The quantitative estimate of drug-likeness (QED) is 0.375. The number of carbonyl (C=O) groups excluding carboxylic acids is 2. The zero-order chi connectivity index (χ0) is 26.4. The summed E-state index contributed by atoms with van der Waals surface area (Å²) in [6.07, 6.45) is 1.70. The van der Waals surface area contributed by atoms with Crippen molar-refractivity contribution >= 4 is 33.2 Å². The predicted octanol–water partition coefficient (Wildman–Crippen LogP) is 1.78. The van der Waals surface area contributed by atoms with Crippen molar-refractivity contribution < 1.29 is 27.6 Å². The number of rotatable bonds is 8. The molecule has 2 atom stereocenters. The molecule has 2 aliphatic heterocycles. The van der Waals surface area contributed by atoms with E-state index in [1.54, 1.807) is 36.3 Å². The molecule has 0 radical (unpaired) electrons. The fourth-order valence-corrected chi connectivity index (χ4v) is 7.12. The molecular formula is C24H27N5O6S2. The predicted molar refractivity (Wildman–Crippen MR) is 135 cm³/mol. The number of thiophene rings is 1. The van der Waals surface area contributed by atoms with Crippen molar-refractivity contribution in [3.05, 3.63) is 47.7 Å². The number of sulfonamides is 1. The summed E-state index contributed by atoms with van der Waals surface area (Å²) in [6, 6.07) is 10.5. The first kappa shape index (κ1) is 27.0. The summed E-state index contributed by atoms with van der Waals surface area (Å²) < 4.78 is 34.0. The molecule has 2 N–H and O–H groups in total. The third-order valence-electron chi connectivity index (χ3n) is 5.96. The average molecular weight is 546 g/mol. The Morgan fingerprint density at radius 3 is 2.65 bits per heavy atom. The molecule has 2 aliphatic rings. The minimum Gasteiger partial charge on any atom is -0.350 e. The zero-order valence-corrected chi connectivity index (χ0v) is 21.8.